The molecular weight excluding hydrogens is 302 g/mol. The summed E-state index contributed by atoms with van der Waals surface area (Å²) in [5, 5.41) is 12.3. The monoisotopic (exact) mass is 323 g/mol. The van der Waals surface area contributed by atoms with Crippen LogP contribution < -0.4 is 5.32 Å². The molecule has 0 bridgehead atoms. The number of thioether (sulfide) groups is 1. The first kappa shape index (κ1) is 16.3. The highest BCUT2D eigenvalue weighted by Gasteiger charge is 2.05. The Morgan fingerprint density at radius 3 is 2.67 bits per heavy atom. The van der Waals surface area contributed by atoms with E-state index in [1.807, 2.05) is 0 Å². The first-order valence-corrected chi connectivity index (χ1v) is 8.77. The van der Waals surface area contributed by atoms with E-state index in [2.05, 4.69) is 53.6 Å². The van der Waals surface area contributed by atoms with Crippen LogP contribution in [0.15, 0.2) is 28.6 Å². The SMILES string of the molecule is COCCNc1nnc(SCc2ccc(C(C)C)cc2)s1. The Kier molecular flexibility index (Phi) is 6.48. The molecule has 0 spiro atoms. The van der Waals surface area contributed by atoms with Crippen LogP contribution in [0.1, 0.15) is 30.9 Å². The van der Waals surface area contributed by atoms with Crippen molar-refractivity contribution >= 4 is 28.2 Å². The third-order valence-electron chi connectivity index (χ3n) is 3.00. The average molecular weight is 323 g/mol. The summed E-state index contributed by atoms with van der Waals surface area (Å²) in [6.07, 6.45) is 0. The zero-order chi connectivity index (χ0) is 15.1. The lowest BCUT2D eigenvalue weighted by atomic mass is 10.0. The van der Waals surface area contributed by atoms with Crippen molar-refractivity contribution in [3.63, 3.8) is 0 Å². The number of ether oxygens (including phenoxy) is 1. The van der Waals surface area contributed by atoms with Gasteiger partial charge in [-0.05, 0) is 17.0 Å². The van der Waals surface area contributed by atoms with Crippen LogP contribution in [0, 0.1) is 0 Å². The van der Waals surface area contributed by atoms with Crippen LogP contribution >= 0.6 is 23.1 Å². The number of hydrogen-bond acceptors (Lipinski definition) is 6. The molecule has 1 aromatic carbocycles. The minimum absolute atomic E-state index is 0.579. The van der Waals surface area contributed by atoms with Gasteiger partial charge in [0.15, 0.2) is 4.34 Å². The van der Waals surface area contributed by atoms with Crippen LogP contribution in [0.2, 0.25) is 0 Å². The summed E-state index contributed by atoms with van der Waals surface area (Å²) in [6.45, 7) is 5.85. The summed E-state index contributed by atoms with van der Waals surface area (Å²) in [5.41, 5.74) is 2.69. The molecule has 1 heterocycles. The van der Waals surface area contributed by atoms with E-state index in [1.165, 1.54) is 11.1 Å². The van der Waals surface area contributed by atoms with Gasteiger partial charge in [-0.15, -0.1) is 10.2 Å². The van der Waals surface area contributed by atoms with Gasteiger partial charge < -0.3 is 10.1 Å². The Morgan fingerprint density at radius 1 is 1.24 bits per heavy atom. The van der Waals surface area contributed by atoms with Gasteiger partial charge in [-0.1, -0.05) is 61.2 Å². The van der Waals surface area contributed by atoms with Gasteiger partial charge in [0.2, 0.25) is 5.13 Å². The van der Waals surface area contributed by atoms with E-state index in [4.69, 9.17) is 4.74 Å². The lowest BCUT2D eigenvalue weighted by Crippen LogP contribution is -2.06. The highest BCUT2D eigenvalue weighted by Crippen LogP contribution is 2.28. The van der Waals surface area contributed by atoms with Gasteiger partial charge in [0.25, 0.3) is 0 Å². The van der Waals surface area contributed by atoms with Gasteiger partial charge in [0, 0.05) is 19.4 Å². The molecule has 0 unspecified atom stereocenters. The molecule has 0 aliphatic heterocycles. The second-order valence-corrected chi connectivity index (χ2v) is 7.18. The lowest BCUT2D eigenvalue weighted by Gasteiger charge is -2.06. The fraction of sp³-hybridized carbons (Fsp3) is 0.467. The summed E-state index contributed by atoms with van der Waals surface area (Å²) in [5.74, 6) is 1.50. The van der Waals surface area contributed by atoms with Crippen LogP contribution in [0.3, 0.4) is 0 Å². The number of nitrogens with one attached hydrogen (secondary N) is 1. The maximum absolute atomic E-state index is 4.99. The zero-order valence-corrected chi connectivity index (χ0v) is 14.3. The van der Waals surface area contributed by atoms with Gasteiger partial charge in [-0.3, -0.25) is 0 Å². The molecule has 1 aromatic heterocycles. The number of nitrogens with zero attached hydrogens (tertiary/aromatic N) is 2. The van der Waals surface area contributed by atoms with Crippen LogP contribution in [-0.4, -0.2) is 30.5 Å². The number of rotatable bonds is 8. The quantitative estimate of drug-likeness (QED) is 0.587. The van der Waals surface area contributed by atoms with Gasteiger partial charge in [0.1, 0.15) is 0 Å². The van der Waals surface area contributed by atoms with Crippen LogP contribution in [0.5, 0.6) is 0 Å². The van der Waals surface area contributed by atoms with E-state index in [0.29, 0.717) is 12.5 Å². The average Bonchev–Trinajstić information content (AvgIpc) is 2.94. The largest absolute Gasteiger partial charge is 0.383 e. The Labute approximate surface area is 134 Å². The smallest absolute Gasteiger partial charge is 0.206 e. The van der Waals surface area contributed by atoms with Gasteiger partial charge in [-0.25, -0.2) is 0 Å². The second kappa shape index (κ2) is 8.36. The maximum Gasteiger partial charge on any atom is 0.206 e. The minimum atomic E-state index is 0.579. The van der Waals surface area contributed by atoms with Crippen molar-refractivity contribution in [1.29, 1.82) is 0 Å². The van der Waals surface area contributed by atoms with E-state index in [-0.39, 0.29) is 0 Å². The second-order valence-electron chi connectivity index (χ2n) is 4.98. The van der Waals surface area contributed by atoms with Gasteiger partial charge in [0.05, 0.1) is 6.61 Å². The summed E-state index contributed by atoms with van der Waals surface area (Å²) >= 11 is 3.31. The number of hydrogen-bond donors (Lipinski definition) is 1. The third-order valence-corrected chi connectivity index (χ3v) is 5.08. The summed E-state index contributed by atoms with van der Waals surface area (Å²) in [6, 6.07) is 8.80. The van der Waals surface area contributed by atoms with Crippen LogP contribution in [0.25, 0.3) is 0 Å². The molecule has 21 heavy (non-hydrogen) atoms. The number of benzene rings is 1. The first-order valence-electron chi connectivity index (χ1n) is 6.97. The first-order chi connectivity index (χ1) is 10.2. The van der Waals surface area contributed by atoms with Crippen molar-refractivity contribution in [3.05, 3.63) is 35.4 Å². The highest BCUT2D eigenvalue weighted by atomic mass is 32.2. The van der Waals surface area contributed by atoms with E-state index in [1.54, 1.807) is 30.2 Å². The third kappa shape index (κ3) is 5.30. The van der Waals surface area contributed by atoms with Crippen molar-refractivity contribution in [2.45, 2.75) is 29.9 Å². The molecule has 0 atom stereocenters. The van der Waals surface area contributed by atoms with E-state index < -0.39 is 0 Å². The summed E-state index contributed by atoms with van der Waals surface area (Å²) in [7, 11) is 1.69. The minimum Gasteiger partial charge on any atom is -0.383 e. The molecule has 0 radical (unpaired) electrons. The standard InChI is InChI=1S/C15H21N3OS2/c1-11(2)13-6-4-12(5-7-13)10-20-15-18-17-14(21-15)16-8-9-19-3/h4-7,11H,8-10H2,1-3H3,(H,16,17). The summed E-state index contributed by atoms with van der Waals surface area (Å²) < 4.78 is 5.98. The molecule has 0 aliphatic rings. The van der Waals surface area contributed by atoms with Gasteiger partial charge >= 0.3 is 0 Å². The fourth-order valence-electron chi connectivity index (χ4n) is 1.74. The number of aromatic nitrogens is 2. The zero-order valence-electron chi connectivity index (χ0n) is 12.6. The molecule has 2 aromatic rings. The van der Waals surface area contributed by atoms with E-state index >= 15 is 0 Å². The van der Waals surface area contributed by atoms with E-state index in [0.717, 1.165) is 21.8 Å². The lowest BCUT2D eigenvalue weighted by molar-refractivity contribution is 0.211. The predicted octanol–water partition coefficient (Wildman–Crippen LogP) is 4.01. The molecule has 0 saturated heterocycles. The molecule has 2 rings (SSSR count). The summed E-state index contributed by atoms with van der Waals surface area (Å²) in [4.78, 5) is 0. The van der Waals surface area contributed by atoms with Gasteiger partial charge in [-0.2, -0.15) is 0 Å². The van der Waals surface area contributed by atoms with Crippen molar-refractivity contribution in [2.24, 2.45) is 0 Å². The molecule has 0 aliphatic carbocycles. The molecule has 0 saturated carbocycles. The molecule has 0 fully saturated rings. The molecular formula is C15H21N3OS2. The van der Waals surface area contributed by atoms with Crippen molar-refractivity contribution in [2.75, 3.05) is 25.6 Å². The predicted molar refractivity (Wildman–Crippen MR) is 90.4 cm³/mol. The van der Waals surface area contributed by atoms with Crippen molar-refractivity contribution in [1.82, 2.24) is 10.2 Å². The molecule has 114 valence electrons. The highest BCUT2D eigenvalue weighted by molar-refractivity contribution is 8.00. The molecule has 1 N–H and O–H groups in total. The molecule has 6 heteroatoms. The molecule has 0 amide bonds. The fourth-order valence-corrected chi connectivity index (χ4v) is 3.48. The van der Waals surface area contributed by atoms with Crippen LogP contribution in [0.4, 0.5) is 5.13 Å². The Hall–Kier alpha value is -1.11. The number of methoxy groups -OCH3 is 1. The van der Waals surface area contributed by atoms with Crippen molar-refractivity contribution in [3.8, 4) is 0 Å². The molecule has 4 nitrogen and oxygen atoms in total. The maximum atomic E-state index is 4.99. The Morgan fingerprint density at radius 2 is 2.00 bits per heavy atom. The van der Waals surface area contributed by atoms with Crippen LogP contribution in [-0.2, 0) is 10.5 Å². The Bertz CT molecular complexity index is 540. The van der Waals surface area contributed by atoms with Crippen molar-refractivity contribution < 1.29 is 4.74 Å². The normalized spacial score (nSPS) is 11.0. The topological polar surface area (TPSA) is 47.0 Å². The van der Waals surface area contributed by atoms with E-state index in [9.17, 15) is 0 Å². The Balaban J connectivity index is 1.82. The number of anilines is 1.